The molecule has 16 heavy (non-hydrogen) atoms. The van der Waals surface area contributed by atoms with Crippen LogP contribution in [0.3, 0.4) is 0 Å². The summed E-state index contributed by atoms with van der Waals surface area (Å²) in [6.07, 6.45) is 4.81. The number of nitrogens with two attached hydrogens (primary N) is 1. The molecular formula is C11H15BrClNOS. The number of halogens is 2. The van der Waals surface area contributed by atoms with Crippen LogP contribution in [0.25, 0.3) is 0 Å². The maximum atomic E-state index is 6.13. The Morgan fingerprint density at radius 3 is 3.06 bits per heavy atom. The van der Waals surface area contributed by atoms with Crippen molar-refractivity contribution < 1.29 is 4.74 Å². The average Bonchev–Trinajstić information content (AvgIpc) is 2.86. The SMILES string of the molecule is NC(CCC1CCCO1)c1cc(Cl)c(Br)s1. The van der Waals surface area contributed by atoms with E-state index in [9.17, 15) is 0 Å². The van der Waals surface area contributed by atoms with Crippen molar-refractivity contribution in [2.24, 2.45) is 5.73 Å². The van der Waals surface area contributed by atoms with E-state index in [-0.39, 0.29) is 6.04 Å². The third kappa shape index (κ3) is 3.20. The molecule has 0 saturated carbocycles. The molecule has 1 aromatic rings. The molecule has 0 aliphatic carbocycles. The Hall–Kier alpha value is 0.390. The van der Waals surface area contributed by atoms with Crippen LogP contribution in [0.4, 0.5) is 0 Å². The monoisotopic (exact) mass is 323 g/mol. The number of rotatable bonds is 4. The molecule has 1 aliphatic rings. The molecule has 2 unspecified atom stereocenters. The summed E-state index contributed by atoms with van der Waals surface area (Å²) in [5, 5.41) is 0.757. The smallest absolute Gasteiger partial charge is 0.0887 e. The summed E-state index contributed by atoms with van der Waals surface area (Å²) in [5.41, 5.74) is 6.13. The van der Waals surface area contributed by atoms with Crippen molar-refractivity contribution in [3.63, 3.8) is 0 Å². The maximum Gasteiger partial charge on any atom is 0.0887 e. The summed E-state index contributed by atoms with van der Waals surface area (Å²) >= 11 is 11.0. The van der Waals surface area contributed by atoms with Gasteiger partial charge in [-0.2, -0.15) is 0 Å². The molecule has 0 aromatic carbocycles. The second kappa shape index (κ2) is 5.83. The molecule has 2 nitrogen and oxygen atoms in total. The van der Waals surface area contributed by atoms with Gasteiger partial charge in [0.25, 0.3) is 0 Å². The molecule has 2 rings (SSSR count). The lowest BCUT2D eigenvalue weighted by Crippen LogP contribution is -2.13. The van der Waals surface area contributed by atoms with E-state index in [1.165, 1.54) is 12.8 Å². The Kier molecular flexibility index (Phi) is 4.67. The summed E-state index contributed by atoms with van der Waals surface area (Å²) in [6, 6.07) is 2.04. The fourth-order valence-corrected chi connectivity index (χ4v) is 3.71. The summed E-state index contributed by atoms with van der Waals surface area (Å²) < 4.78 is 6.55. The van der Waals surface area contributed by atoms with E-state index in [0.29, 0.717) is 6.10 Å². The van der Waals surface area contributed by atoms with Crippen LogP contribution in [0, 0.1) is 0 Å². The molecule has 0 bridgehead atoms. The van der Waals surface area contributed by atoms with Gasteiger partial charge in [-0.05, 0) is 47.7 Å². The van der Waals surface area contributed by atoms with E-state index in [1.807, 2.05) is 6.07 Å². The van der Waals surface area contributed by atoms with Gasteiger partial charge in [0.1, 0.15) is 0 Å². The highest BCUT2D eigenvalue weighted by Gasteiger charge is 2.18. The van der Waals surface area contributed by atoms with Crippen LogP contribution in [-0.4, -0.2) is 12.7 Å². The summed E-state index contributed by atoms with van der Waals surface area (Å²) in [4.78, 5) is 1.15. The Morgan fingerprint density at radius 1 is 1.69 bits per heavy atom. The zero-order chi connectivity index (χ0) is 11.5. The molecule has 1 aromatic heterocycles. The van der Waals surface area contributed by atoms with E-state index in [4.69, 9.17) is 22.1 Å². The molecule has 2 N–H and O–H groups in total. The van der Waals surface area contributed by atoms with Gasteiger partial charge >= 0.3 is 0 Å². The van der Waals surface area contributed by atoms with Crippen LogP contribution in [0.15, 0.2) is 9.85 Å². The lowest BCUT2D eigenvalue weighted by Gasteiger charge is -2.13. The van der Waals surface area contributed by atoms with Gasteiger partial charge in [0, 0.05) is 17.5 Å². The summed E-state index contributed by atoms with van der Waals surface area (Å²) in [5.74, 6) is 0. The molecule has 0 spiro atoms. The molecule has 5 heteroatoms. The fraction of sp³-hybridized carbons (Fsp3) is 0.636. The standard InChI is InChI=1S/C11H15BrClNOS/c12-11-8(13)6-10(16-11)9(14)4-3-7-2-1-5-15-7/h6-7,9H,1-5,14H2. The summed E-state index contributed by atoms with van der Waals surface area (Å²) in [7, 11) is 0. The van der Waals surface area contributed by atoms with Crippen LogP contribution in [0.1, 0.15) is 36.6 Å². The normalized spacial score (nSPS) is 22.6. The molecule has 0 radical (unpaired) electrons. The van der Waals surface area contributed by atoms with Crippen molar-refractivity contribution >= 4 is 38.9 Å². The van der Waals surface area contributed by atoms with Gasteiger partial charge in [-0.25, -0.2) is 0 Å². The topological polar surface area (TPSA) is 35.2 Å². The van der Waals surface area contributed by atoms with Crippen LogP contribution < -0.4 is 5.73 Å². The first-order valence-corrected chi connectivity index (χ1v) is 7.47. The molecular weight excluding hydrogens is 310 g/mol. The van der Waals surface area contributed by atoms with Gasteiger partial charge in [0.15, 0.2) is 0 Å². The quantitative estimate of drug-likeness (QED) is 0.904. The van der Waals surface area contributed by atoms with Crippen molar-refractivity contribution in [2.75, 3.05) is 6.61 Å². The molecule has 0 amide bonds. The molecule has 90 valence electrons. The van der Waals surface area contributed by atoms with Gasteiger partial charge in [0.2, 0.25) is 0 Å². The average molecular weight is 325 g/mol. The predicted octanol–water partition coefficient (Wildman–Crippen LogP) is 4.12. The minimum atomic E-state index is 0.0815. The van der Waals surface area contributed by atoms with Gasteiger partial charge in [-0.15, -0.1) is 11.3 Å². The Morgan fingerprint density at radius 2 is 2.50 bits per heavy atom. The first kappa shape index (κ1) is 12.8. The van der Waals surface area contributed by atoms with E-state index in [1.54, 1.807) is 11.3 Å². The number of hydrogen-bond donors (Lipinski definition) is 1. The van der Waals surface area contributed by atoms with Gasteiger partial charge in [-0.1, -0.05) is 11.6 Å². The Balaban J connectivity index is 1.84. The van der Waals surface area contributed by atoms with Crippen molar-refractivity contribution in [1.29, 1.82) is 0 Å². The summed E-state index contributed by atoms with van der Waals surface area (Å²) in [6.45, 7) is 0.913. The zero-order valence-corrected chi connectivity index (χ0v) is 12.1. The van der Waals surface area contributed by atoms with Gasteiger partial charge in [0.05, 0.1) is 14.9 Å². The lowest BCUT2D eigenvalue weighted by molar-refractivity contribution is 0.101. The number of ether oxygens (including phenoxy) is 1. The Bertz CT molecular complexity index is 332. The third-order valence-electron chi connectivity index (χ3n) is 2.85. The van der Waals surface area contributed by atoms with E-state index < -0.39 is 0 Å². The highest BCUT2D eigenvalue weighted by Crippen LogP contribution is 2.36. The highest BCUT2D eigenvalue weighted by molar-refractivity contribution is 9.11. The van der Waals surface area contributed by atoms with Crippen molar-refractivity contribution in [1.82, 2.24) is 0 Å². The second-order valence-electron chi connectivity index (χ2n) is 4.09. The molecule has 1 aliphatic heterocycles. The van der Waals surface area contributed by atoms with E-state index >= 15 is 0 Å². The Labute approximate surface area is 113 Å². The van der Waals surface area contributed by atoms with Crippen LogP contribution >= 0.6 is 38.9 Å². The predicted molar refractivity (Wildman–Crippen MR) is 72.2 cm³/mol. The van der Waals surface area contributed by atoms with E-state index in [0.717, 1.165) is 33.1 Å². The van der Waals surface area contributed by atoms with Crippen LogP contribution in [-0.2, 0) is 4.74 Å². The lowest BCUT2D eigenvalue weighted by atomic mass is 10.1. The largest absolute Gasteiger partial charge is 0.378 e. The molecule has 1 fully saturated rings. The van der Waals surface area contributed by atoms with Gasteiger partial charge < -0.3 is 10.5 Å². The van der Waals surface area contributed by atoms with Gasteiger partial charge in [-0.3, -0.25) is 0 Å². The van der Waals surface area contributed by atoms with E-state index in [2.05, 4.69) is 15.9 Å². The molecule has 2 atom stereocenters. The number of thiophene rings is 1. The molecule has 1 saturated heterocycles. The maximum absolute atomic E-state index is 6.13. The second-order valence-corrected chi connectivity index (χ2v) is 6.90. The third-order valence-corrected chi connectivity index (χ3v) is 5.46. The van der Waals surface area contributed by atoms with Crippen molar-refractivity contribution in [2.45, 2.75) is 37.8 Å². The van der Waals surface area contributed by atoms with Crippen molar-refractivity contribution in [3.05, 3.63) is 19.8 Å². The minimum Gasteiger partial charge on any atom is -0.378 e. The number of hydrogen-bond acceptors (Lipinski definition) is 3. The first-order chi connectivity index (χ1) is 7.66. The molecule has 2 heterocycles. The fourth-order valence-electron chi connectivity index (χ4n) is 1.93. The first-order valence-electron chi connectivity index (χ1n) is 5.48. The highest BCUT2D eigenvalue weighted by atomic mass is 79.9. The zero-order valence-electron chi connectivity index (χ0n) is 8.92. The van der Waals surface area contributed by atoms with Crippen LogP contribution in [0.5, 0.6) is 0 Å². The minimum absolute atomic E-state index is 0.0815. The van der Waals surface area contributed by atoms with Crippen molar-refractivity contribution in [3.8, 4) is 0 Å². The van der Waals surface area contributed by atoms with Crippen LogP contribution in [0.2, 0.25) is 5.02 Å².